The molecule has 0 heterocycles. The summed E-state index contributed by atoms with van der Waals surface area (Å²) in [5, 5.41) is 8.27. The van der Waals surface area contributed by atoms with Gasteiger partial charge in [-0.2, -0.15) is 0 Å². The minimum Gasteiger partial charge on any atom is -0.481 e. The molecule has 0 bridgehead atoms. The van der Waals surface area contributed by atoms with Gasteiger partial charge < -0.3 is 10.8 Å². The third-order valence-electron chi connectivity index (χ3n) is 3.33. The zero-order valence-corrected chi connectivity index (χ0v) is 14.0. The fourth-order valence-corrected chi connectivity index (χ4v) is 2.18. The molecular weight excluding hydrogens is 262 g/mol. The lowest BCUT2D eigenvalue weighted by Gasteiger charge is -2.21. The van der Waals surface area contributed by atoms with E-state index < -0.39 is 5.97 Å². The van der Waals surface area contributed by atoms with E-state index in [9.17, 15) is 4.79 Å². The van der Waals surface area contributed by atoms with Crippen molar-refractivity contribution in [1.82, 2.24) is 0 Å². The molecule has 0 radical (unpaired) electrons. The monoisotopic (exact) mass is 293 g/mol. The first-order chi connectivity index (χ1) is 9.79. The van der Waals surface area contributed by atoms with Crippen LogP contribution in [0.4, 0.5) is 0 Å². The molecule has 0 saturated heterocycles. The third kappa shape index (κ3) is 10.1. The number of carbonyl (C=O) groups is 1. The molecule has 21 heavy (non-hydrogen) atoms. The second-order valence-corrected chi connectivity index (χ2v) is 6.09. The van der Waals surface area contributed by atoms with Gasteiger partial charge in [0.1, 0.15) is 0 Å². The smallest absolute Gasteiger partial charge is 0.303 e. The van der Waals surface area contributed by atoms with Gasteiger partial charge in [-0.15, -0.1) is 0 Å². The average molecular weight is 293 g/mol. The maximum Gasteiger partial charge on any atom is 0.303 e. The van der Waals surface area contributed by atoms with Crippen molar-refractivity contribution in [3.8, 4) is 0 Å². The van der Waals surface area contributed by atoms with E-state index in [0.717, 1.165) is 12.8 Å². The maximum absolute atomic E-state index is 10.0. The van der Waals surface area contributed by atoms with E-state index in [1.165, 1.54) is 30.4 Å². The Morgan fingerprint density at radius 2 is 1.71 bits per heavy atom. The number of hydrogen-bond acceptors (Lipinski definition) is 2. The topological polar surface area (TPSA) is 63.3 Å². The number of nitrogens with two attached hydrogens (primary N) is 1. The second-order valence-electron chi connectivity index (χ2n) is 6.09. The normalized spacial score (nSPS) is 10.7. The Kier molecular flexibility index (Phi) is 9.72. The van der Waals surface area contributed by atoms with E-state index in [2.05, 4.69) is 26.0 Å². The first-order valence-corrected chi connectivity index (χ1v) is 7.85. The Hall–Kier alpha value is -1.35. The van der Waals surface area contributed by atoms with Crippen LogP contribution in [-0.4, -0.2) is 11.1 Å². The van der Waals surface area contributed by atoms with Crippen LogP contribution in [0.15, 0.2) is 24.3 Å². The number of aliphatic carboxylic acids is 1. The Morgan fingerprint density at radius 3 is 2.14 bits per heavy atom. The Bertz CT molecular complexity index is 408. The molecule has 3 heteroatoms. The van der Waals surface area contributed by atoms with Gasteiger partial charge in [-0.05, 0) is 38.3 Å². The van der Waals surface area contributed by atoms with Crippen molar-refractivity contribution in [1.29, 1.82) is 0 Å². The van der Waals surface area contributed by atoms with Gasteiger partial charge in [-0.1, -0.05) is 56.9 Å². The Labute approximate surface area is 129 Å². The molecule has 0 fully saturated rings. The van der Waals surface area contributed by atoms with E-state index in [1.54, 1.807) is 0 Å². The second kappa shape index (κ2) is 10.4. The van der Waals surface area contributed by atoms with Gasteiger partial charge in [0.25, 0.3) is 0 Å². The summed E-state index contributed by atoms with van der Waals surface area (Å²) in [4.78, 5) is 10.0. The van der Waals surface area contributed by atoms with Crippen LogP contribution in [0.1, 0.15) is 70.4 Å². The van der Waals surface area contributed by atoms with Crippen molar-refractivity contribution >= 4 is 5.97 Å². The predicted octanol–water partition coefficient (Wildman–Crippen LogP) is 4.62. The van der Waals surface area contributed by atoms with Crippen LogP contribution >= 0.6 is 0 Å². The molecule has 0 aliphatic rings. The van der Waals surface area contributed by atoms with Crippen LogP contribution in [0.3, 0.4) is 0 Å². The molecule has 3 nitrogen and oxygen atoms in total. The summed E-state index contributed by atoms with van der Waals surface area (Å²) >= 11 is 0. The molecule has 0 saturated carbocycles. The molecule has 1 rings (SSSR count). The number of benzene rings is 1. The molecule has 1 aromatic rings. The number of aryl methyl sites for hydroxylation is 1. The summed E-state index contributed by atoms with van der Waals surface area (Å²) < 4.78 is 0. The molecule has 0 unspecified atom stereocenters. The third-order valence-corrected chi connectivity index (χ3v) is 3.33. The van der Waals surface area contributed by atoms with Crippen molar-refractivity contribution in [2.45, 2.75) is 71.8 Å². The Morgan fingerprint density at radius 1 is 1.14 bits per heavy atom. The zero-order valence-electron chi connectivity index (χ0n) is 14.0. The number of hydrogen-bond donors (Lipinski definition) is 2. The number of carboxylic acid groups (broad SMARTS) is 1. The molecule has 1 aromatic carbocycles. The highest BCUT2D eigenvalue weighted by Gasteiger charge is 2.14. The minimum atomic E-state index is -0.670. The molecule has 120 valence electrons. The molecule has 0 spiro atoms. The van der Waals surface area contributed by atoms with Gasteiger partial charge >= 0.3 is 5.97 Å². The molecule has 0 aromatic heterocycles. The first kappa shape index (κ1) is 19.7. The summed E-state index contributed by atoms with van der Waals surface area (Å²) in [6.07, 6.45) is 5.88. The summed E-state index contributed by atoms with van der Waals surface area (Å²) in [6.45, 7) is 8.28. The van der Waals surface area contributed by atoms with Crippen molar-refractivity contribution in [2.75, 3.05) is 0 Å². The van der Waals surface area contributed by atoms with Gasteiger partial charge in [0.15, 0.2) is 0 Å². The van der Waals surface area contributed by atoms with Crippen molar-refractivity contribution in [3.05, 3.63) is 35.4 Å². The summed E-state index contributed by atoms with van der Waals surface area (Å²) in [7, 11) is 0. The summed E-state index contributed by atoms with van der Waals surface area (Å²) in [5.41, 5.74) is 8.23. The Balaban J connectivity index is 0.000000384. The van der Waals surface area contributed by atoms with E-state index in [1.807, 2.05) is 26.0 Å². The van der Waals surface area contributed by atoms with Crippen LogP contribution in [0.5, 0.6) is 0 Å². The lowest BCUT2D eigenvalue weighted by atomic mass is 9.92. The summed E-state index contributed by atoms with van der Waals surface area (Å²) in [6, 6.07) is 8.22. The van der Waals surface area contributed by atoms with Gasteiger partial charge in [0, 0.05) is 12.0 Å². The quantitative estimate of drug-likeness (QED) is 0.721. The van der Waals surface area contributed by atoms with Gasteiger partial charge in [0.2, 0.25) is 0 Å². The minimum absolute atomic E-state index is 0.217. The molecule has 0 atom stereocenters. The number of unbranched alkanes of at least 4 members (excludes halogenated alkanes) is 4. The van der Waals surface area contributed by atoms with Gasteiger partial charge in [-0.3, -0.25) is 4.79 Å². The van der Waals surface area contributed by atoms with E-state index in [0.29, 0.717) is 6.42 Å². The maximum atomic E-state index is 10.0. The van der Waals surface area contributed by atoms with Crippen molar-refractivity contribution < 1.29 is 9.90 Å². The van der Waals surface area contributed by atoms with Crippen LogP contribution in [-0.2, 0) is 10.3 Å². The molecule has 0 aliphatic carbocycles. The largest absolute Gasteiger partial charge is 0.481 e. The average Bonchev–Trinajstić information content (AvgIpc) is 2.38. The fraction of sp³-hybridized carbons (Fsp3) is 0.611. The van der Waals surface area contributed by atoms with Gasteiger partial charge in [-0.25, -0.2) is 0 Å². The lowest BCUT2D eigenvalue weighted by molar-refractivity contribution is -0.137. The number of carboxylic acids is 1. The van der Waals surface area contributed by atoms with Crippen molar-refractivity contribution in [3.63, 3.8) is 0 Å². The van der Waals surface area contributed by atoms with Crippen LogP contribution < -0.4 is 5.73 Å². The van der Waals surface area contributed by atoms with Crippen LogP contribution in [0.2, 0.25) is 0 Å². The van der Waals surface area contributed by atoms with E-state index in [4.69, 9.17) is 10.8 Å². The summed E-state index contributed by atoms with van der Waals surface area (Å²) in [5.74, 6) is -0.670. The SMILES string of the molecule is CCCCCCCC(=O)O.Cc1ccccc1C(C)(C)N. The lowest BCUT2D eigenvalue weighted by Crippen LogP contribution is -2.29. The molecule has 0 aliphatic heterocycles. The highest BCUT2D eigenvalue weighted by molar-refractivity contribution is 5.66. The van der Waals surface area contributed by atoms with E-state index in [-0.39, 0.29) is 5.54 Å². The predicted molar refractivity (Wildman–Crippen MR) is 89.4 cm³/mol. The van der Waals surface area contributed by atoms with Crippen LogP contribution in [0.25, 0.3) is 0 Å². The zero-order chi connectivity index (χ0) is 16.3. The first-order valence-electron chi connectivity index (χ1n) is 7.85. The molecule has 3 N–H and O–H groups in total. The van der Waals surface area contributed by atoms with E-state index >= 15 is 0 Å². The highest BCUT2D eigenvalue weighted by Crippen LogP contribution is 2.19. The highest BCUT2D eigenvalue weighted by atomic mass is 16.4. The standard InChI is InChI=1S/C10H15N.C8H16O2/c1-8-6-4-5-7-9(8)10(2,3)11;1-2-3-4-5-6-7-8(9)10/h4-7H,11H2,1-3H3;2-7H2,1H3,(H,9,10). The van der Waals surface area contributed by atoms with Crippen molar-refractivity contribution in [2.24, 2.45) is 5.73 Å². The molecule has 0 amide bonds. The molecular formula is C18H31NO2. The van der Waals surface area contributed by atoms with Gasteiger partial charge in [0.05, 0.1) is 0 Å². The number of rotatable bonds is 7. The fourth-order valence-electron chi connectivity index (χ4n) is 2.18. The van der Waals surface area contributed by atoms with Crippen LogP contribution in [0, 0.1) is 6.92 Å².